The fourth-order valence-electron chi connectivity index (χ4n) is 2.87. The van der Waals surface area contributed by atoms with Gasteiger partial charge >= 0.3 is 0 Å². The zero-order chi connectivity index (χ0) is 13.5. The maximum atomic E-state index is 4.65. The van der Waals surface area contributed by atoms with E-state index in [0.29, 0.717) is 0 Å². The molecule has 1 fully saturated rings. The van der Waals surface area contributed by atoms with Crippen molar-refractivity contribution in [1.29, 1.82) is 0 Å². The summed E-state index contributed by atoms with van der Waals surface area (Å²) in [4.78, 5) is 11.3. The molecule has 19 heavy (non-hydrogen) atoms. The second-order valence-corrected chi connectivity index (χ2v) is 5.37. The van der Waals surface area contributed by atoms with E-state index in [1.165, 1.54) is 32.1 Å². The molecule has 0 spiro atoms. The molecule has 0 radical (unpaired) electrons. The SMILES string of the molecule is CCCC1CCCN(c2cncc(NCC)n2)CC1. The Morgan fingerprint density at radius 2 is 2.16 bits per heavy atom. The predicted molar refractivity (Wildman–Crippen MR) is 80.7 cm³/mol. The monoisotopic (exact) mass is 262 g/mol. The summed E-state index contributed by atoms with van der Waals surface area (Å²) in [5.74, 6) is 2.81. The minimum Gasteiger partial charge on any atom is -0.369 e. The van der Waals surface area contributed by atoms with Crippen molar-refractivity contribution in [3.63, 3.8) is 0 Å². The first-order valence-electron chi connectivity index (χ1n) is 7.64. The van der Waals surface area contributed by atoms with E-state index in [1.807, 2.05) is 6.20 Å². The van der Waals surface area contributed by atoms with Gasteiger partial charge in [-0.3, -0.25) is 4.98 Å². The van der Waals surface area contributed by atoms with Gasteiger partial charge in [-0.05, 0) is 32.1 Å². The zero-order valence-corrected chi connectivity index (χ0v) is 12.2. The third kappa shape index (κ3) is 4.08. The number of aromatic nitrogens is 2. The van der Waals surface area contributed by atoms with Gasteiger partial charge in [0.1, 0.15) is 11.6 Å². The first kappa shape index (κ1) is 14.1. The summed E-state index contributed by atoms with van der Waals surface area (Å²) < 4.78 is 0. The fraction of sp³-hybridized carbons (Fsp3) is 0.733. The Balaban J connectivity index is 1.99. The van der Waals surface area contributed by atoms with Crippen LogP contribution in [0, 0.1) is 5.92 Å². The lowest BCUT2D eigenvalue weighted by Gasteiger charge is -2.21. The largest absolute Gasteiger partial charge is 0.369 e. The van der Waals surface area contributed by atoms with Crippen molar-refractivity contribution in [1.82, 2.24) is 9.97 Å². The minimum absolute atomic E-state index is 0.884. The Kier molecular flexibility index (Phi) is 5.43. The molecule has 1 atom stereocenters. The molecule has 106 valence electrons. The van der Waals surface area contributed by atoms with E-state index in [9.17, 15) is 0 Å². The van der Waals surface area contributed by atoms with Crippen LogP contribution in [-0.2, 0) is 0 Å². The van der Waals surface area contributed by atoms with Gasteiger partial charge in [0.15, 0.2) is 0 Å². The van der Waals surface area contributed by atoms with Crippen molar-refractivity contribution in [2.45, 2.75) is 46.0 Å². The number of rotatable bonds is 5. The normalized spacial score (nSPS) is 20.1. The van der Waals surface area contributed by atoms with Crippen LogP contribution < -0.4 is 10.2 Å². The zero-order valence-electron chi connectivity index (χ0n) is 12.2. The average Bonchev–Trinajstić information content (AvgIpc) is 2.66. The standard InChI is InChI=1S/C15H26N4/c1-3-6-13-7-5-9-19(10-8-13)15-12-16-11-14(18-15)17-4-2/h11-13H,3-10H2,1-2H3,(H,17,18). The summed E-state index contributed by atoms with van der Waals surface area (Å²) in [7, 11) is 0. The molecular formula is C15H26N4. The quantitative estimate of drug-likeness (QED) is 0.884. The van der Waals surface area contributed by atoms with Gasteiger partial charge in [0.2, 0.25) is 0 Å². The first-order chi connectivity index (χ1) is 9.33. The Labute approximate surface area is 116 Å². The highest BCUT2D eigenvalue weighted by Crippen LogP contribution is 2.24. The van der Waals surface area contributed by atoms with Crippen LogP contribution in [0.5, 0.6) is 0 Å². The molecule has 0 aromatic carbocycles. The highest BCUT2D eigenvalue weighted by molar-refractivity contribution is 5.43. The Morgan fingerprint density at radius 3 is 2.95 bits per heavy atom. The molecule has 0 saturated carbocycles. The predicted octanol–water partition coefficient (Wildman–Crippen LogP) is 3.32. The van der Waals surface area contributed by atoms with Gasteiger partial charge in [-0.2, -0.15) is 0 Å². The number of anilines is 2. The van der Waals surface area contributed by atoms with E-state index < -0.39 is 0 Å². The summed E-state index contributed by atoms with van der Waals surface area (Å²) in [6.07, 6.45) is 10.3. The molecule has 1 N–H and O–H groups in total. The molecule has 1 unspecified atom stereocenters. The molecule has 1 aliphatic rings. The lowest BCUT2D eigenvalue weighted by Crippen LogP contribution is -2.25. The van der Waals surface area contributed by atoms with Crippen molar-refractivity contribution in [2.75, 3.05) is 29.9 Å². The minimum atomic E-state index is 0.884. The highest BCUT2D eigenvalue weighted by atomic mass is 15.2. The highest BCUT2D eigenvalue weighted by Gasteiger charge is 2.17. The van der Waals surface area contributed by atoms with E-state index in [1.54, 1.807) is 6.20 Å². The van der Waals surface area contributed by atoms with Crippen molar-refractivity contribution < 1.29 is 0 Å². The third-order valence-electron chi connectivity index (χ3n) is 3.85. The van der Waals surface area contributed by atoms with Crippen LogP contribution in [0.4, 0.5) is 11.6 Å². The van der Waals surface area contributed by atoms with Crippen molar-refractivity contribution >= 4 is 11.6 Å². The van der Waals surface area contributed by atoms with Crippen LogP contribution in [0.1, 0.15) is 46.0 Å². The van der Waals surface area contributed by atoms with Crippen LogP contribution in [0.25, 0.3) is 0 Å². The number of hydrogen-bond donors (Lipinski definition) is 1. The molecule has 1 saturated heterocycles. The van der Waals surface area contributed by atoms with E-state index in [2.05, 4.69) is 34.0 Å². The molecule has 2 heterocycles. The number of nitrogens with one attached hydrogen (secondary N) is 1. The molecule has 2 rings (SSSR count). The number of hydrogen-bond acceptors (Lipinski definition) is 4. The molecule has 1 aliphatic heterocycles. The van der Waals surface area contributed by atoms with Gasteiger partial charge in [0.25, 0.3) is 0 Å². The van der Waals surface area contributed by atoms with Crippen LogP contribution in [0.3, 0.4) is 0 Å². The van der Waals surface area contributed by atoms with Crippen LogP contribution in [0.2, 0.25) is 0 Å². The van der Waals surface area contributed by atoms with Crippen molar-refractivity contribution in [2.24, 2.45) is 5.92 Å². The number of nitrogens with zero attached hydrogens (tertiary/aromatic N) is 3. The molecule has 0 amide bonds. The van der Waals surface area contributed by atoms with E-state index >= 15 is 0 Å². The van der Waals surface area contributed by atoms with Gasteiger partial charge in [-0.1, -0.05) is 19.8 Å². The van der Waals surface area contributed by atoms with Crippen LogP contribution in [0.15, 0.2) is 12.4 Å². The summed E-state index contributed by atoms with van der Waals surface area (Å²) in [5.41, 5.74) is 0. The summed E-state index contributed by atoms with van der Waals surface area (Å²) in [6, 6.07) is 0. The summed E-state index contributed by atoms with van der Waals surface area (Å²) >= 11 is 0. The van der Waals surface area contributed by atoms with Crippen LogP contribution >= 0.6 is 0 Å². The molecule has 0 aliphatic carbocycles. The molecule has 1 aromatic heterocycles. The molecule has 4 heteroatoms. The maximum Gasteiger partial charge on any atom is 0.149 e. The van der Waals surface area contributed by atoms with Crippen LogP contribution in [-0.4, -0.2) is 29.6 Å². The molecular weight excluding hydrogens is 236 g/mol. The Hall–Kier alpha value is -1.32. The van der Waals surface area contributed by atoms with E-state index in [-0.39, 0.29) is 0 Å². The summed E-state index contributed by atoms with van der Waals surface area (Å²) in [5, 5.41) is 3.23. The van der Waals surface area contributed by atoms with Gasteiger partial charge < -0.3 is 10.2 Å². The Morgan fingerprint density at radius 1 is 1.26 bits per heavy atom. The average molecular weight is 262 g/mol. The molecule has 4 nitrogen and oxygen atoms in total. The second kappa shape index (κ2) is 7.31. The van der Waals surface area contributed by atoms with Gasteiger partial charge in [-0.25, -0.2) is 4.98 Å². The lowest BCUT2D eigenvalue weighted by molar-refractivity contribution is 0.435. The molecule has 0 bridgehead atoms. The van der Waals surface area contributed by atoms with Gasteiger partial charge in [-0.15, -0.1) is 0 Å². The van der Waals surface area contributed by atoms with Gasteiger partial charge in [0.05, 0.1) is 12.4 Å². The summed E-state index contributed by atoms with van der Waals surface area (Å²) in [6.45, 7) is 7.49. The van der Waals surface area contributed by atoms with E-state index in [4.69, 9.17) is 0 Å². The van der Waals surface area contributed by atoms with Gasteiger partial charge in [0, 0.05) is 19.6 Å². The maximum absolute atomic E-state index is 4.65. The topological polar surface area (TPSA) is 41.1 Å². The fourth-order valence-corrected chi connectivity index (χ4v) is 2.87. The smallest absolute Gasteiger partial charge is 0.149 e. The van der Waals surface area contributed by atoms with Crippen molar-refractivity contribution in [3.05, 3.63) is 12.4 Å². The van der Waals surface area contributed by atoms with E-state index in [0.717, 1.165) is 37.2 Å². The third-order valence-corrected chi connectivity index (χ3v) is 3.85. The Bertz CT molecular complexity index is 380. The van der Waals surface area contributed by atoms with Crippen molar-refractivity contribution in [3.8, 4) is 0 Å². The lowest BCUT2D eigenvalue weighted by atomic mass is 9.96. The first-order valence-corrected chi connectivity index (χ1v) is 7.64. The second-order valence-electron chi connectivity index (χ2n) is 5.37. The molecule has 1 aromatic rings.